The molecule has 3 amide bonds. The number of carboxylic acid groups (broad SMARTS) is 1. The van der Waals surface area contributed by atoms with Gasteiger partial charge in [0.2, 0.25) is 17.7 Å². The summed E-state index contributed by atoms with van der Waals surface area (Å²) in [4.78, 5) is 54.1. The minimum atomic E-state index is -1.12. The third-order valence-corrected chi connectivity index (χ3v) is 9.16. The molecule has 0 aromatic carbocycles. The summed E-state index contributed by atoms with van der Waals surface area (Å²) < 4.78 is 0. The quantitative estimate of drug-likeness (QED) is 0.242. The second-order valence-corrected chi connectivity index (χ2v) is 11.3. The van der Waals surface area contributed by atoms with E-state index in [-0.39, 0.29) is 53.2 Å². The summed E-state index contributed by atoms with van der Waals surface area (Å²) in [6.07, 6.45) is 1.56. The van der Waals surface area contributed by atoms with Crippen LogP contribution in [0.15, 0.2) is 10.6 Å². The van der Waals surface area contributed by atoms with Gasteiger partial charge < -0.3 is 36.2 Å². The van der Waals surface area contributed by atoms with Gasteiger partial charge in [-0.05, 0) is 33.9 Å². The van der Waals surface area contributed by atoms with Crippen LogP contribution in [0.4, 0.5) is 0 Å². The van der Waals surface area contributed by atoms with Crippen LogP contribution in [0, 0.1) is 11.8 Å². The number of nitrogens with one attached hydrogen (secondary N) is 4. The lowest BCUT2D eigenvalue weighted by molar-refractivity contribution is -0.158. The number of carboxylic acids is 1. The highest BCUT2D eigenvalue weighted by molar-refractivity contribution is 8.03. The monoisotopic (exact) mass is 508 g/mol. The van der Waals surface area contributed by atoms with E-state index in [1.54, 1.807) is 14.0 Å². The maximum atomic E-state index is 13.0. The van der Waals surface area contributed by atoms with E-state index in [2.05, 4.69) is 21.3 Å². The molecule has 11 nitrogen and oxygen atoms in total. The number of β-lactam (4-membered cyclic amide) rings is 1. The first-order chi connectivity index (χ1) is 16.7. The number of carbonyl (C=O) groups excluding carboxylic acids is 3. The Kier molecular flexibility index (Phi) is 7.74. The van der Waals surface area contributed by atoms with Gasteiger partial charge in [-0.3, -0.25) is 14.4 Å². The average molecular weight is 509 g/mol. The molecule has 4 rings (SSSR count). The fraction of sp³-hybridized carbons (Fsp3) is 0.739. The molecular formula is C23H36N6O5S. The fourth-order valence-electron chi connectivity index (χ4n) is 5.83. The number of hydrogen-bond donors (Lipinski definition) is 5. The van der Waals surface area contributed by atoms with Gasteiger partial charge in [0.15, 0.2) is 0 Å². The highest BCUT2D eigenvalue weighted by Gasteiger charge is 2.60. The van der Waals surface area contributed by atoms with Crippen LogP contribution < -0.4 is 21.3 Å². The zero-order chi connectivity index (χ0) is 25.4. The molecule has 0 spiro atoms. The normalized spacial score (nSPS) is 33.1. The van der Waals surface area contributed by atoms with Crippen molar-refractivity contribution in [3.05, 3.63) is 10.6 Å². The van der Waals surface area contributed by atoms with E-state index in [0.717, 1.165) is 13.0 Å². The molecule has 7 atom stereocenters. The number of hydrogen-bond acceptors (Lipinski definition) is 8. The van der Waals surface area contributed by atoms with E-state index in [0.29, 0.717) is 30.5 Å². The second kappa shape index (κ2) is 10.5. The van der Waals surface area contributed by atoms with Gasteiger partial charge in [0, 0.05) is 47.8 Å². The largest absolute Gasteiger partial charge is 0.477 e. The molecule has 0 unspecified atom stereocenters. The van der Waals surface area contributed by atoms with E-state index in [4.69, 9.17) is 0 Å². The highest BCUT2D eigenvalue weighted by atomic mass is 32.2. The molecule has 4 aliphatic rings. The van der Waals surface area contributed by atoms with Gasteiger partial charge >= 0.3 is 5.97 Å². The Hall–Kier alpha value is -2.15. The first kappa shape index (κ1) is 25.9. The molecule has 194 valence electrons. The first-order valence-electron chi connectivity index (χ1n) is 12.3. The molecular weight excluding hydrogens is 472 g/mol. The molecule has 5 N–H and O–H groups in total. The van der Waals surface area contributed by atoms with Crippen molar-refractivity contribution >= 4 is 35.5 Å². The maximum Gasteiger partial charge on any atom is 0.353 e. The summed E-state index contributed by atoms with van der Waals surface area (Å²) in [6.45, 7) is 5.95. The standard InChI is InChI=1S/C23H36N6O5S/c1-11-18-17(12(2)27-16(30)9-24-3)22(32)29(18)19(23(33)34)20(11)35-14-7-15(26-8-14)21(31)28-6-5-13(10-28)25-4/h11-15,17-18,24-26H,5-10H2,1-4H3,(H,27,30)(H,33,34)/t11-,12-,13-,14+,15+,17-,18-/m1/s1. The number of aliphatic carboxylic acids is 1. The lowest BCUT2D eigenvalue weighted by Gasteiger charge is -2.47. The second-order valence-electron chi connectivity index (χ2n) is 9.91. The van der Waals surface area contributed by atoms with Gasteiger partial charge in [0.25, 0.3) is 0 Å². The fourth-order valence-corrected chi connectivity index (χ4v) is 7.31. The Balaban J connectivity index is 1.42. The SMILES string of the molecule is CNCC(=O)N[C@H](C)[C@H]1C(=O)N2C(C(=O)O)=C(S[C@@H]3CN[C@H](C(=O)N4CC[C@@H](NC)C4)C3)[C@H](C)[C@H]12. The van der Waals surface area contributed by atoms with Crippen LogP contribution in [0.3, 0.4) is 0 Å². The molecule has 0 saturated carbocycles. The van der Waals surface area contributed by atoms with Crippen molar-refractivity contribution in [2.75, 3.05) is 40.3 Å². The van der Waals surface area contributed by atoms with Gasteiger partial charge in [-0.1, -0.05) is 6.92 Å². The van der Waals surface area contributed by atoms with Crippen molar-refractivity contribution < 1.29 is 24.3 Å². The van der Waals surface area contributed by atoms with Gasteiger partial charge in [-0.2, -0.15) is 0 Å². The van der Waals surface area contributed by atoms with Gasteiger partial charge in [-0.25, -0.2) is 4.79 Å². The van der Waals surface area contributed by atoms with Crippen molar-refractivity contribution in [1.82, 2.24) is 31.1 Å². The van der Waals surface area contributed by atoms with E-state index in [9.17, 15) is 24.3 Å². The Morgan fingerprint density at radius 3 is 2.66 bits per heavy atom. The van der Waals surface area contributed by atoms with Gasteiger partial charge in [0.05, 0.1) is 24.5 Å². The average Bonchev–Trinajstić information content (AvgIpc) is 3.52. The summed E-state index contributed by atoms with van der Waals surface area (Å²) in [5.74, 6) is -2.12. The predicted molar refractivity (Wildman–Crippen MR) is 131 cm³/mol. The minimum Gasteiger partial charge on any atom is -0.477 e. The van der Waals surface area contributed by atoms with E-state index in [1.165, 1.54) is 16.7 Å². The number of likely N-dealkylation sites (N-methyl/N-ethyl adjacent to an activating group) is 2. The molecule has 4 heterocycles. The van der Waals surface area contributed by atoms with Crippen LogP contribution in [0.25, 0.3) is 0 Å². The molecule has 0 bridgehead atoms. The summed E-state index contributed by atoms with van der Waals surface area (Å²) >= 11 is 1.48. The number of rotatable bonds is 9. The third-order valence-electron chi connectivity index (χ3n) is 7.65. The zero-order valence-electron chi connectivity index (χ0n) is 20.7. The van der Waals surface area contributed by atoms with Crippen molar-refractivity contribution in [1.29, 1.82) is 0 Å². The Labute approximate surface area is 209 Å². The van der Waals surface area contributed by atoms with E-state index < -0.39 is 17.9 Å². The van der Waals surface area contributed by atoms with Crippen LogP contribution in [-0.4, -0.2) is 108 Å². The van der Waals surface area contributed by atoms with Crippen molar-refractivity contribution in [2.24, 2.45) is 11.8 Å². The first-order valence-corrected chi connectivity index (χ1v) is 13.2. The zero-order valence-corrected chi connectivity index (χ0v) is 21.5. The Bertz CT molecular complexity index is 928. The topological polar surface area (TPSA) is 143 Å². The minimum absolute atomic E-state index is 0.0402. The molecule has 0 aliphatic carbocycles. The highest BCUT2D eigenvalue weighted by Crippen LogP contribution is 2.51. The van der Waals surface area contributed by atoms with Crippen LogP contribution in [0.5, 0.6) is 0 Å². The summed E-state index contributed by atoms with van der Waals surface area (Å²) in [7, 11) is 3.58. The molecule has 0 aromatic rings. The molecule has 3 saturated heterocycles. The summed E-state index contributed by atoms with van der Waals surface area (Å²) in [6, 6.07) is -0.643. The molecule has 0 aromatic heterocycles. The predicted octanol–water partition coefficient (Wildman–Crippen LogP) is -1.23. The van der Waals surface area contributed by atoms with Crippen molar-refractivity contribution in [2.45, 2.75) is 56.1 Å². The Morgan fingerprint density at radius 2 is 2.03 bits per heavy atom. The number of likely N-dealkylation sites (tertiary alicyclic amines) is 1. The molecule has 4 aliphatic heterocycles. The molecule has 3 fully saturated rings. The Morgan fingerprint density at radius 1 is 1.29 bits per heavy atom. The van der Waals surface area contributed by atoms with Crippen LogP contribution in [-0.2, 0) is 19.2 Å². The molecule has 12 heteroatoms. The number of amides is 3. The number of carbonyl (C=O) groups is 4. The van der Waals surface area contributed by atoms with E-state index >= 15 is 0 Å². The maximum absolute atomic E-state index is 13.0. The number of fused-ring (bicyclic) bond motifs is 1. The van der Waals surface area contributed by atoms with Gasteiger partial charge in [-0.15, -0.1) is 11.8 Å². The van der Waals surface area contributed by atoms with Crippen molar-refractivity contribution in [3.63, 3.8) is 0 Å². The van der Waals surface area contributed by atoms with Crippen LogP contribution in [0.2, 0.25) is 0 Å². The number of nitrogens with zero attached hydrogens (tertiary/aromatic N) is 2. The number of thioether (sulfide) groups is 1. The lowest BCUT2D eigenvalue weighted by Crippen LogP contribution is -2.66. The summed E-state index contributed by atoms with van der Waals surface area (Å²) in [5.41, 5.74) is 0.0497. The lowest BCUT2D eigenvalue weighted by atomic mass is 9.78. The molecule has 35 heavy (non-hydrogen) atoms. The van der Waals surface area contributed by atoms with E-state index in [1.807, 2.05) is 18.9 Å². The third kappa shape index (κ3) is 4.81. The van der Waals surface area contributed by atoms with Crippen LogP contribution >= 0.6 is 11.8 Å². The van der Waals surface area contributed by atoms with Gasteiger partial charge in [0.1, 0.15) is 5.70 Å². The molecule has 0 radical (unpaired) electrons. The smallest absolute Gasteiger partial charge is 0.353 e. The van der Waals surface area contributed by atoms with Crippen molar-refractivity contribution in [3.8, 4) is 0 Å². The van der Waals surface area contributed by atoms with Crippen LogP contribution in [0.1, 0.15) is 26.7 Å². The summed E-state index contributed by atoms with van der Waals surface area (Å²) in [5, 5.41) is 22.2.